The van der Waals surface area contributed by atoms with Gasteiger partial charge in [-0.25, -0.2) is 19.3 Å². The lowest BCUT2D eigenvalue weighted by Gasteiger charge is -2.26. The number of fused-ring (bicyclic) bond motifs is 2. The zero-order valence-corrected chi connectivity index (χ0v) is 31.9. The number of rotatable bonds is 16. The first kappa shape index (κ1) is 37.3. The van der Waals surface area contributed by atoms with Gasteiger partial charge in [-0.15, -0.1) is 0 Å². The minimum absolute atomic E-state index is 0.121. The van der Waals surface area contributed by atoms with E-state index < -0.39 is 5.91 Å². The number of ether oxygens (including phenoxy) is 1. The van der Waals surface area contributed by atoms with E-state index in [4.69, 9.17) is 20.4 Å². The standard InChI is InChI=1S/C39H49N13O3/c1-5-51-34(22-26(3)46-51)44-38-42-30-24-28(36(40)53)10-12-32(30)49(38)16-7-8-17-50-33-13-11-29(37(54)41-14-9-15-48-18-20-55-21-19-48)25-31(33)43-39(50)45-35-23-27(4)47-52(35)6-2/h7-8,10-13,22-25H,5-6,9,14-21H2,1-4H3,(H2,40,53)(H,41,54)(H,42,44)(H,43,45)/b8-7+. The third-order valence-corrected chi connectivity index (χ3v) is 9.71. The summed E-state index contributed by atoms with van der Waals surface area (Å²) in [5.41, 5.74) is 11.4. The zero-order valence-electron chi connectivity index (χ0n) is 31.9. The molecule has 0 spiro atoms. The number of aromatic nitrogens is 8. The van der Waals surface area contributed by atoms with E-state index in [-0.39, 0.29) is 5.91 Å². The van der Waals surface area contributed by atoms with Crippen LogP contribution in [0.5, 0.6) is 0 Å². The Morgan fingerprint density at radius 2 is 1.31 bits per heavy atom. The van der Waals surface area contributed by atoms with Crippen LogP contribution < -0.4 is 21.7 Å². The largest absolute Gasteiger partial charge is 0.379 e. The SMILES string of the molecule is CCn1nc(C)cc1Nc1nc2cc(C(N)=O)ccc2n1C/C=C/Cn1c(Nc2cc(C)nn2CC)nc2cc(C(=O)NCCCN3CCOCC3)ccc21. The van der Waals surface area contributed by atoms with Gasteiger partial charge < -0.3 is 35.6 Å². The number of nitrogens with two attached hydrogens (primary N) is 1. The minimum atomic E-state index is -0.508. The molecule has 0 saturated carbocycles. The average molecular weight is 748 g/mol. The van der Waals surface area contributed by atoms with Crippen LogP contribution in [0.3, 0.4) is 0 Å². The Balaban J connectivity index is 1.13. The highest BCUT2D eigenvalue weighted by molar-refractivity contribution is 5.98. The fourth-order valence-electron chi connectivity index (χ4n) is 6.91. The van der Waals surface area contributed by atoms with Crippen molar-refractivity contribution in [2.75, 3.05) is 50.0 Å². The second kappa shape index (κ2) is 16.6. The van der Waals surface area contributed by atoms with Crippen molar-refractivity contribution in [1.29, 1.82) is 0 Å². The summed E-state index contributed by atoms with van der Waals surface area (Å²) in [5, 5.41) is 19.2. The maximum Gasteiger partial charge on any atom is 0.251 e. The number of nitrogens with one attached hydrogen (secondary N) is 3. The van der Waals surface area contributed by atoms with Crippen LogP contribution in [-0.2, 0) is 30.9 Å². The number of anilines is 4. The summed E-state index contributed by atoms with van der Waals surface area (Å²) in [7, 11) is 0. The molecule has 0 bridgehead atoms. The Kier molecular flexibility index (Phi) is 11.2. The molecule has 288 valence electrons. The normalized spacial score (nSPS) is 13.7. The third-order valence-electron chi connectivity index (χ3n) is 9.71. The Morgan fingerprint density at radius 1 is 0.782 bits per heavy atom. The highest BCUT2D eigenvalue weighted by atomic mass is 16.5. The van der Waals surface area contributed by atoms with E-state index in [1.807, 2.05) is 73.5 Å². The monoisotopic (exact) mass is 747 g/mol. The van der Waals surface area contributed by atoms with Gasteiger partial charge in [0.05, 0.1) is 46.7 Å². The van der Waals surface area contributed by atoms with Gasteiger partial charge in [0.2, 0.25) is 17.8 Å². The molecule has 1 aliphatic heterocycles. The maximum absolute atomic E-state index is 13.2. The summed E-state index contributed by atoms with van der Waals surface area (Å²) in [4.78, 5) is 37.4. The van der Waals surface area contributed by atoms with Crippen LogP contribution in [0.2, 0.25) is 0 Å². The second-order valence-corrected chi connectivity index (χ2v) is 13.6. The van der Waals surface area contributed by atoms with Crippen LogP contribution in [0.15, 0.2) is 60.7 Å². The van der Waals surface area contributed by atoms with Crippen molar-refractivity contribution in [2.24, 2.45) is 5.73 Å². The molecule has 1 saturated heterocycles. The molecule has 5 N–H and O–H groups in total. The average Bonchev–Trinajstić information content (AvgIpc) is 3.93. The molecule has 4 aromatic heterocycles. The van der Waals surface area contributed by atoms with E-state index in [9.17, 15) is 9.59 Å². The van der Waals surface area contributed by atoms with Gasteiger partial charge in [-0.1, -0.05) is 12.2 Å². The number of hydrogen-bond acceptors (Lipinski definition) is 10. The fraction of sp³-hybridized carbons (Fsp3) is 0.385. The van der Waals surface area contributed by atoms with Crippen molar-refractivity contribution in [3.63, 3.8) is 0 Å². The third kappa shape index (κ3) is 8.39. The highest BCUT2D eigenvalue weighted by Gasteiger charge is 2.18. The topological polar surface area (TPSA) is 180 Å². The molecule has 0 atom stereocenters. The number of imidazole rings is 2. The van der Waals surface area contributed by atoms with Crippen LogP contribution in [0.1, 0.15) is 52.4 Å². The molecule has 2 amide bonds. The van der Waals surface area contributed by atoms with Gasteiger partial charge in [0.15, 0.2) is 0 Å². The number of benzene rings is 2. The Morgan fingerprint density at radius 3 is 1.84 bits per heavy atom. The number of amides is 2. The molecule has 16 heteroatoms. The van der Waals surface area contributed by atoms with Crippen LogP contribution in [-0.4, -0.2) is 94.8 Å². The van der Waals surface area contributed by atoms with Crippen LogP contribution in [0, 0.1) is 13.8 Å². The molecule has 1 aliphatic rings. The Hall–Kier alpha value is -6.00. The van der Waals surface area contributed by atoms with Gasteiger partial charge >= 0.3 is 0 Å². The summed E-state index contributed by atoms with van der Waals surface area (Å²) in [6.07, 6.45) is 5.03. The van der Waals surface area contributed by atoms with Gasteiger partial charge in [-0.05, 0) is 77.1 Å². The molecular weight excluding hydrogens is 699 g/mol. The van der Waals surface area contributed by atoms with Crippen molar-refractivity contribution in [3.8, 4) is 0 Å². The molecule has 0 aliphatic carbocycles. The Bertz CT molecular complexity index is 2340. The summed E-state index contributed by atoms with van der Waals surface area (Å²) >= 11 is 0. The second-order valence-electron chi connectivity index (χ2n) is 13.6. The number of nitrogens with zero attached hydrogens (tertiary/aromatic N) is 9. The molecule has 0 unspecified atom stereocenters. The molecule has 5 heterocycles. The summed E-state index contributed by atoms with van der Waals surface area (Å²) < 4.78 is 13.4. The summed E-state index contributed by atoms with van der Waals surface area (Å²) in [6.45, 7) is 15.3. The van der Waals surface area contributed by atoms with E-state index >= 15 is 0 Å². The number of allylic oxidation sites excluding steroid dienone is 2. The van der Waals surface area contributed by atoms with Crippen molar-refractivity contribution in [3.05, 3.63) is 83.2 Å². The molecule has 2 aromatic carbocycles. The molecule has 1 fully saturated rings. The fourth-order valence-corrected chi connectivity index (χ4v) is 6.91. The van der Waals surface area contributed by atoms with Gasteiger partial charge in [0.25, 0.3) is 5.91 Å². The van der Waals surface area contributed by atoms with Crippen molar-refractivity contribution >= 4 is 57.4 Å². The first-order valence-electron chi connectivity index (χ1n) is 18.9. The molecule has 16 nitrogen and oxygen atoms in total. The van der Waals surface area contributed by atoms with Crippen LogP contribution >= 0.6 is 0 Å². The summed E-state index contributed by atoms with van der Waals surface area (Å²) in [5.74, 6) is 2.27. The molecular formula is C39H49N13O3. The molecule has 7 rings (SSSR count). The van der Waals surface area contributed by atoms with E-state index in [2.05, 4.69) is 52.3 Å². The van der Waals surface area contributed by atoms with Crippen LogP contribution in [0.25, 0.3) is 22.1 Å². The van der Waals surface area contributed by atoms with Crippen LogP contribution in [0.4, 0.5) is 23.5 Å². The van der Waals surface area contributed by atoms with Gasteiger partial charge in [-0.3, -0.25) is 14.5 Å². The number of carbonyl (C=O) groups is 2. The predicted molar refractivity (Wildman–Crippen MR) is 213 cm³/mol. The number of primary amides is 1. The number of hydrogen-bond donors (Lipinski definition) is 4. The number of carbonyl (C=O) groups excluding carboxylic acids is 2. The quantitative estimate of drug-likeness (QED) is 0.0799. The molecule has 6 aromatic rings. The number of aryl methyl sites for hydroxylation is 4. The van der Waals surface area contributed by atoms with Crippen molar-refractivity contribution in [1.82, 2.24) is 48.9 Å². The lowest BCUT2D eigenvalue weighted by molar-refractivity contribution is 0.0374. The van der Waals surface area contributed by atoms with E-state index in [1.165, 1.54) is 0 Å². The molecule has 0 radical (unpaired) electrons. The highest BCUT2D eigenvalue weighted by Crippen LogP contribution is 2.27. The van der Waals surface area contributed by atoms with E-state index in [0.717, 1.165) is 73.3 Å². The van der Waals surface area contributed by atoms with Crippen molar-refractivity contribution < 1.29 is 14.3 Å². The van der Waals surface area contributed by atoms with Gasteiger partial charge in [0, 0.05) is 69.1 Å². The lowest BCUT2D eigenvalue weighted by Crippen LogP contribution is -2.38. The molecule has 55 heavy (non-hydrogen) atoms. The minimum Gasteiger partial charge on any atom is -0.379 e. The zero-order chi connectivity index (χ0) is 38.5. The van der Waals surface area contributed by atoms with Crippen molar-refractivity contribution in [2.45, 2.75) is 60.3 Å². The first-order chi connectivity index (χ1) is 26.7. The van der Waals surface area contributed by atoms with Gasteiger partial charge in [-0.2, -0.15) is 10.2 Å². The van der Waals surface area contributed by atoms with E-state index in [0.29, 0.717) is 66.8 Å². The lowest BCUT2D eigenvalue weighted by atomic mass is 10.2. The number of morpholine rings is 1. The first-order valence-corrected chi connectivity index (χ1v) is 18.9. The maximum atomic E-state index is 13.2. The Labute approximate surface area is 319 Å². The van der Waals surface area contributed by atoms with Gasteiger partial charge in [0.1, 0.15) is 11.6 Å². The summed E-state index contributed by atoms with van der Waals surface area (Å²) in [6, 6.07) is 14.9. The smallest absolute Gasteiger partial charge is 0.251 e. The van der Waals surface area contributed by atoms with E-state index in [1.54, 1.807) is 12.1 Å². The predicted octanol–water partition coefficient (Wildman–Crippen LogP) is 4.73.